The van der Waals surface area contributed by atoms with Crippen molar-refractivity contribution in [3.63, 3.8) is 0 Å². The number of ether oxygens (including phenoxy) is 1. The molecule has 0 bridgehead atoms. The van der Waals surface area contributed by atoms with Crippen molar-refractivity contribution in [2.24, 2.45) is 11.8 Å². The quantitative estimate of drug-likeness (QED) is 0.862. The second-order valence-corrected chi connectivity index (χ2v) is 7.90. The van der Waals surface area contributed by atoms with Crippen LogP contribution in [0.3, 0.4) is 0 Å². The molecule has 0 atom stereocenters. The normalized spacial score (nSPS) is 22.8. The zero-order chi connectivity index (χ0) is 17.2. The molecule has 0 aromatic carbocycles. The molecular formula is C19H41N3O. The molecule has 23 heavy (non-hydrogen) atoms. The summed E-state index contributed by atoms with van der Waals surface area (Å²) in [5, 5.41) is 3.33. The summed E-state index contributed by atoms with van der Waals surface area (Å²) in [6, 6.07) is 1.51. The minimum Gasteiger partial charge on any atom is -0.381 e. The Morgan fingerprint density at radius 2 is 1.26 bits per heavy atom. The first kappa shape index (κ1) is 20.9. The molecule has 3 heterocycles. The Kier molecular flexibility index (Phi) is 10.4. The van der Waals surface area contributed by atoms with Crippen molar-refractivity contribution < 1.29 is 4.74 Å². The fraction of sp³-hybridized carbons (Fsp3) is 1.00. The number of hydrogen-bond acceptors (Lipinski definition) is 4. The van der Waals surface area contributed by atoms with Crippen LogP contribution in [0.5, 0.6) is 0 Å². The molecule has 4 heteroatoms. The maximum absolute atomic E-state index is 5.00. The van der Waals surface area contributed by atoms with Gasteiger partial charge in [-0.3, -0.25) is 4.90 Å². The predicted molar refractivity (Wildman–Crippen MR) is 100 cm³/mol. The standard InChI is InChI=1S/C7H16N2.C6H13N.C6H12O/c1-7(2)9-5-3-8-4-6-9;1-6(2)7-4-3-5-7;1-5(2)6-3-7-4-6/h7-8H,3-6H2,1-2H3;6H,3-5H2,1-2H3;5-6H,3-4H2,1-2H3. The molecule has 1 N–H and O–H groups in total. The molecule has 0 aliphatic carbocycles. The lowest BCUT2D eigenvalue weighted by Gasteiger charge is -2.34. The summed E-state index contributed by atoms with van der Waals surface area (Å²) in [6.45, 7) is 22.9. The Labute approximate surface area is 144 Å². The summed E-state index contributed by atoms with van der Waals surface area (Å²) >= 11 is 0. The maximum Gasteiger partial charge on any atom is 0.0518 e. The lowest BCUT2D eigenvalue weighted by Crippen LogP contribution is -2.46. The van der Waals surface area contributed by atoms with Crippen molar-refractivity contribution in [1.82, 2.24) is 15.1 Å². The molecule has 0 radical (unpaired) electrons. The van der Waals surface area contributed by atoms with Crippen molar-refractivity contribution >= 4 is 0 Å². The number of likely N-dealkylation sites (tertiary alicyclic amines) is 1. The minimum absolute atomic E-state index is 0.729. The first-order valence-corrected chi connectivity index (χ1v) is 9.68. The van der Waals surface area contributed by atoms with Crippen molar-refractivity contribution in [3.05, 3.63) is 0 Å². The third-order valence-corrected chi connectivity index (χ3v) is 5.11. The van der Waals surface area contributed by atoms with Gasteiger partial charge in [0.2, 0.25) is 0 Å². The molecule has 3 rings (SSSR count). The molecule has 0 aromatic rings. The van der Waals surface area contributed by atoms with Gasteiger partial charge < -0.3 is 15.0 Å². The Hall–Kier alpha value is -0.160. The van der Waals surface area contributed by atoms with Gasteiger partial charge >= 0.3 is 0 Å². The SMILES string of the molecule is CC(C)C1COC1.CC(C)N1CCC1.CC(C)N1CCNCC1. The monoisotopic (exact) mass is 327 g/mol. The van der Waals surface area contributed by atoms with E-state index in [4.69, 9.17) is 4.74 Å². The number of nitrogens with one attached hydrogen (secondary N) is 1. The molecule has 0 amide bonds. The lowest BCUT2D eigenvalue weighted by atomic mass is 9.95. The highest BCUT2D eigenvalue weighted by Crippen LogP contribution is 2.18. The summed E-state index contributed by atoms with van der Waals surface area (Å²) in [7, 11) is 0. The van der Waals surface area contributed by atoms with Gasteiger partial charge in [-0.05, 0) is 53.1 Å². The lowest BCUT2D eigenvalue weighted by molar-refractivity contribution is -0.0534. The third kappa shape index (κ3) is 8.48. The number of hydrogen-bond donors (Lipinski definition) is 1. The van der Waals surface area contributed by atoms with E-state index in [2.05, 4.69) is 56.7 Å². The van der Waals surface area contributed by atoms with Gasteiger partial charge in [-0.25, -0.2) is 0 Å². The molecule has 3 saturated heterocycles. The molecule has 0 saturated carbocycles. The maximum atomic E-state index is 5.00. The smallest absolute Gasteiger partial charge is 0.0518 e. The first-order valence-electron chi connectivity index (χ1n) is 9.68. The fourth-order valence-electron chi connectivity index (χ4n) is 2.69. The zero-order valence-corrected chi connectivity index (χ0v) is 16.5. The van der Waals surface area contributed by atoms with Gasteiger partial charge in [-0.15, -0.1) is 0 Å². The fourth-order valence-corrected chi connectivity index (χ4v) is 2.69. The first-order chi connectivity index (χ1) is 10.9. The van der Waals surface area contributed by atoms with E-state index in [1.807, 2.05) is 0 Å². The summed E-state index contributed by atoms with van der Waals surface area (Å²) in [6.07, 6.45) is 1.41. The average molecular weight is 328 g/mol. The van der Waals surface area contributed by atoms with Crippen molar-refractivity contribution in [2.75, 3.05) is 52.5 Å². The molecule has 138 valence electrons. The topological polar surface area (TPSA) is 27.7 Å². The summed E-state index contributed by atoms with van der Waals surface area (Å²) in [5.41, 5.74) is 0. The highest BCUT2D eigenvalue weighted by atomic mass is 16.5. The van der Waals surface area contributed by atoms with Crippen LogP contribution in [0.15, 0.2) is 0 Å². The van der Waals surface area contributed by atoms with E-state index in [1.54, 1.807) is 0 Å². The van der Waals surface area contributed by atoms with E-state index in [9.17, 15) is 0 Å². The van der Waals surface area contributed by atoms with E-state index in [0.717, 1.165) is 50.2 Å². The van der Waals surface area contributed by atoms with Gasteiger partial charge in [0.25, 0.3) is 0 Å². The molecule has 0 aromatic heterocycles. The van der Waals surface area contributed by atoms with Gasteiger partial charge in [0, 0.05) is 44.2 Å². The molecule has 4 nitrogen and oxygen atoms in total. The van der Waals surface area contributed by atoms with E-state index >= 15 is 0 Å². The van der Waals surface area contributed by atoms with Gasteiger partial charge in [0.15, 0.2) is 0 Å². The second-order valence-electron chi connectivity index (χ2n) is 7.90. The number of nitrogens with zero attached hydrogens (tertiary/aromatic N) is 2. The Morgan fingerprint density at radius 1 is 0.783 bits per heavy atom. The van der Waals surface area contributed by atoms with Crippen LogP contribution in [0, 0.1) is 11.8 Å². The zero-order valence-electron chi connectivity index (χ0n) is 16.5. The van der Waals surface area contributed by atoms with Crippen LogP contribution >= 0.6 is 0 Å². The molecule has 0 unspecified atom stereocenters. The van der Waals surface area contributed by atoms with Crippen LogP contribution in [-0.2, 0) is 4.74 Å². The average Bonchev–Trinajstić information content (AvgIpc) is 2.35. The summed E-state index contributed by atoms with van der Waals surface area (Å²) in [5.74, 6) is 1.69. The van der Waals surface area contributed by atoms with Gasteiger partial charge in [0.05, 0.1) is 13.2 Å². The van der Waals surface area contributed by atoms with E-state index < -0.39 is 0 Å². The summed E-state index contributed by atoms with van der Waals surface area (Å²) < 4.78 is 5.00. The second kappa shape index (κ2) is 11.4. The van der Waals surface area contributed by atoms with Crippen LogP contribution in [0.1, 0.15) is 48.0 Å². The largest absolute Gasteiger partial charge is 0.381 e. The van der Waals surface area contributed by atoms with Gasteiger partial charge in [-0.1, -0.05) is 13.8 Å². The minimum atomic E-state index is 0.729. The van der Waals surface area contributed by atoms with E-state index in [-0.39, 0.29) is 0 Å². The molecule has 0 spiro atoms. The molecule has 3 fully saturated rings. The van der Waals surface area contributed by atoms with Crippen LogP contribution in [0.25, 0.3) is 0 Å². The Bertz CT molecular complexity index is 262. The van der Waals surface area contributed by atoms with Crippen LogP contribution in [0.2, 0.25) is 0 Å². The molecular weight excluding hydrogens is 286 g/mol. The third-order valence-electron chi connectivity index (χ3n) is 5.11. The van der Waals surface area contributed by atoms with E-state index in [1.165, 1.54) is 32.6 Å². The van der Waals surface area contributed by atoms with Crippen LogP contribution in [0.4, 0.5) is 0 Å². The van der Waals surface area contributed by atoms with Crippen molar-refractivity contribution in [1.29, 1.82) is 0 Å². The number of rotatable bonds is 3. The Balaban J connectivity index is 0.000000175. The van der Waals surface area contributed by atoms with Crippen LogP contribution in [-0.4, -0.2) is 74.4 Å². The van der Waals surface area contributed by atoms with E-state index in [0.29, 0.717) is 0 Å². The van der Waals surface area contributed by atoms with Crippen LogP contribution < -0.4 is 5.32 Å². The molecule has 3 aliphatic heterocycles. The highest BCUT2D eigenvalue weighted by molar-refractivity contribution is 4.71. The Morgan fingerprint density at radius 3 is 1.39 bits per heavy atom. The van der Waals surface area contributed by atoms with Gasteiger partial charge in [0.1, 0.15) is 0 Å². The van der Waals surface area contributed by atoms with Crippen molar-refractivity contribution in [3.8, 4) is 0 Å². The summed E-state index contributed by atoms with van der Waals surface area (Å²) in [4.78, 5) is 4.97. The highest BCUT2D eigenvalue weighted by Gasteiger charge is 2.20. The predicted octanol–water partition coefficient (Wildman–Crippen LogP) is 2.69. The van der Waals surface area contributed by atoms with Gasteiger partial charge in [-0.2, -0.15) is 0 Å². The van der Waals surface area contributed by atoms with Crippen molar-refractivity contribution in [2.45, 2.75) is 60.0 Å². The number of piperazine rings is 1. The molecule has 3 aliphatic rings.